The second kappa shape index (κ2) is 9.58. The Kier molecular flexibility index (Phi) is 6.21. The van der Waals surface area contributed by atoms with E-state index in [0.29, 0.717) is 13.2 Å². The maximum absolute atomic E-state index is 12.4. The molecule has 2 aliphatic rings. The third-order valence-corrected chi connectivity index (χ3v) is 6.18. The van der Waals surface area contributed by atoms with Gasteiger partial charge in [0.15, 0.2) is 0 Å². The van der Waals surface area contributed by atoms with Gasteiger partial charge in [0.25, 0.3) is 5.91 Å². The number of pyridine rings is 1. The first-order valence-electron chi connectivity index (χ1n) is 11.4. The molecule has 1 aliphatic carbocycles. The third kappa shape index (κ3) is 4.98. The Morgan fingerprint density at radius 1 is 1.03 bits per heavy atom. The molecule has 5 rings (SSSR count). The van der Waals surface area contributed by atoms with Gasteiger partial charge in [0.05, 0.1) is 24.8 Å². The molecular weight excluding hydrogens is 422 g/mol. The van der Waals surface area contributed by atoms with E-state index in [0.717, 1.165) is 61.2 Å². The molecule has 2 aromatic heterocycles. The number of anilines is 1. The van der Waals surface area contributed by atoms with Crippen LogP contribution in [0.3, 0.4) is 0 Å². The van der Waals surface area contributed by atoms with Crippen molar-refractivity contribution in [2.24, 2.45) is 0 Å². The highest BCUT2D eigenvalue weighted by atomic mass is 16.5. The Bertz CT molecular complexity index is 1130. The summed E-state index contributed by atoms with van der Waals surface area (Å²) >= 11 is 0. The number of hydrogen-bond donors (Lipinski definition) is 2. The van der Waals surface area contributed by atoms with Crippen molar-refractivity contribution >= 4 is 22.6 Å². The van der Waals surface area contributed by atoms with Crippen LogP contribution >= 0.6 is 0 Å². The second-order valence-corrected chi connectivity index (χ2v) is 8.43. The van der Waals surface area contributed by atoms with E-state index < -0.39 is 0 Å². The fourth-order valence-corrected chi connectivity index (χ4v) is 4.43. The summed E-state index contributed by atoms with van der Waals surface area (Å²) in [5.41, 5.74) is 2.87. The van der Waals surface area contributed by atoms with Crippen LogP contribution in [0, 0.1) is 0 Å². The lowest BCUT2D eigenvalue weighted by Crippen LogP contribution is -2.40. The number of nitrogens with zero attached hydrogens (tertiary/aromatic N) is 4. The first kappa shape index (κ1) is 21.4. The van der Waals surface area contributed by atoms with Gasteiger partial charge in [0.1, 0.15) is 22.7 Å². The number of aromatic nitrogens is 3. The molecule has 9 nitrogen and oxygen atoms in total. The van der Waals surface area contributed by atoms with E-state index in [1.807, 2.05) is 0 Å². The van der Waals surface area contributed by atoms with Crippen LogP contribution in [-0.4, -0.2) is 64.4 Å². The first-order valence-corrected chi connectivity index (χ1v) is 11.4. The van der Waals surface area contributed by atoms with Gasteiger partial charge in [-0.3, -0.25) is 14.8 Å². The number of morpholine rings is 1. The molecule has 33 heavy (non-hydrogen) atoms. The van der Waals surface area contributed by atoms with Crippen LogP contribution in [0.15, 0.2) is 42.9 Å². The van der Waals surface area contributed by atoms with Crippen LogP contribution in [0.4, 0.5) is 5.69 Å². The summed E-state index contributed by atoms with van der Waals surface area (Å²) in [5.74, 6) is 0.509. The third-order valence-electron chi connectivity index (χ3n) is 6.18. The normalized spacial score (nSPS) is 21.0. The largest absolute Gasteiger partial charge is 0.508 e. The minimum Gasteiger partial charge on any atom is -0.508 e. The lowest BCUT2D eigenvalue weighted by atomic mass is 9.92. The summed E-state index contributed by atoms with van der Waals surface area (Å²) in [4.78, 5) is 27.8. The molecule has 1 amide bonds. The summed E-state index contributed by atoms with van der Waals surface area (Å²) in [6, 6.07) is 6.99. The number of carbonyl (C=O) groups is 1. The molecule has 9 heteroatoms. The maximum atomic E-state index is 12.4. The second-order valence-electron chi connectivity index (χ2n) is 8.43. The van der Waals surface area contributed by atoms with Gasteiger partial charge in [0.2, 0.25) is 0 Å². The van der Waals surface area contributed by atoms with Gasteiger partial charge in [-0.15, -0.1) is 0 Å². The Morgan fingerprint density at radius 2 is 1.82 bits per heavy atom. The number of amides is 1. The number of aromatic hydroxyl groups is 1. The molecule has 0 bridgehead atoms. The van der Waals surface area contributed by atoms with Crippen molar-refractivity contribution in [2.75, 3.05) is 31.2 Å². The highest BCUT2D eigenvalue weighted by Gasteiger charge is 2.25. The summed E-state index contributed by atoms with van der Waals surface area (Å²) in [6.45, 7) is 3.10. The van der Waals surface area contributed by atoms with Crippen LogP contribution in [-0.2, 0) is 4.74 Å². The fraction of sp³-hybridized carbons (Fsp3) is 0.417. The van der Waals surface area contributed by atoms with Crippen molar-refractivity contribution in [3.63, 3.8) is 0 Å². The van der Waals surface area contributed by atoms with Crippen molar-refractivity contribution < 1.29 is 19.4 Å². The zero-order chi connectivity index (χ0) is 22.6. The Labute approximate surface area is 191 Å². The average molecular weight is 450 g/mol. The summed E-state index contributed by atoms with van der Waals surface area (Å²) in [5, 5.41) is 12.6. The molecule has 3 aromatic rings. The van der Waals surface area contributed by atoms with Crippen molar-refractivity contribution in [1.82, 2.24) is 20.3 Å². The van der Waals surface area contributed by atoms with Gasteiger partial charge in [-0.2, -0.15) is 0 Å². The van der Waals surface area contributed by atoms with Crippen molar-refractivity contribution in [3.05, 3.63) is 48.5 Å². The molecule has 1 saturated heterocycles. The molecule has 1 aromatic carbocycles. The number of carbonyl (C=O) groups excluding carboxylic acids is 1. The SMILES string of the molecule is O=C(N[C@H]1CC[C@@H](Oc2cc(N3CCOCC3)cc3nccnc23)CC1)c1cc(O)ccn1. The smallest absolute Gasteiger partial charge is 0.270 e. The van der Waals surface area contributed by atoms with Gasteiger partial charge in [-0.1, -0.05) is 0 Å². The Morgan fingerprint density at radius 3 is 2.61 bits per heavy atom. The lowest BCUT2D eigenvalue weighted by molar-refractivity contribution is 0.0889. The average Bonchev–Trinajstić information content (AvgIpc) is 2.85. The molecular formula is C24H27N5O4. The van der Waals surface area contributed by atoms with Crippen LogP contribution in [0.2, 0.25) is 0 Å². The van der Waals surface area contributed by atoms with E-state index >= 15 is 0 Å². The molecule has 3 heterocycles. The minimum absolute atomic E-state index is 0.0295. The van der Waals surface area contributed by atoms with Gasteiger partial charge in [0, 0.05) is 55.5 Å². The number of hydrogen-bond acceptors (Lipinski definition) is 8. The highest BCUT2D eigenvalue weighted by molar-refractivity contribution is 5.92. The fourth-order valence-electron chi connectivity index (χ4n) is 4.43. The topological polar surface area (TPSA) is 110 Å². The minimum atomic E-state index is -0.269. The van der Waals surface area contributed by atoms with Gasteiger partial charge in [-0.05, 0) is 37.8 Å². The van der Waals surface area contributed by atoms with Crippen LogP contribution in [0.25, 0.3) is 11.0 Å². The quantitative estimate of drug-likeness (QED) is 0.612. The highest BCUT2D eigenvalue weighted by Crippen LogP contribution is 2.33. The molecule has 2 N–H and O–H groups in total. The molecule has 0 unspecified atom stereocenters. The van der Waals surface area contributed by atoms with Gasteiger partial charge in [-0.25, -0.2) is 4.98 Å². The molecule has 1 saturated carbocycles. The van der Waals surface area contributed by atoms with E-state index in [1.165, 1.54) is 18.3 Å². The van der Waals surface area contributed by atoms with E-state index in [2.05, 4.69) is 37.3 Å². The predicted octanol–water partition coefficient (Wildman–Crippen LogP) is 2.69. The standard InChI is InChI=1S/C24H27N5O4/c30-18-5-6-25-21(15-18)24(31)28-16-1-3-19(4-2-16)33-22-14-17(29-9-11-32-12-10-29)13-20-23(22)27-8-7-26-20/h5-8,13-16,19H,1-4,9-12H2,(H,25,30)(H,28,31)/t16-,19+. The maximum Gasteiger partial charge on any atom is 0.270 e. The lowest BCUT2D eigenvalue weighted by Gasteiger charge is -2.31. The van der Waals surface area contributed by atoms with E-state index in [-0.39, 0.29) is 29.5 Å². The Balaban J connectivity index is 1.25. The monoisotopic (exact) mass is 449 g/mol. The molecule has 2 fully saturated rings. The van der Waals surface area contributed by atoms with Gasteiger partial charge >= 0.3 is 0 Å². The molecule has 0 spiro atoms. The summed E-state index contributed by atoms with van der Waals surface area (Å²) in [6.07, 6.45) is 8.11. The molecule has 0 radical (unpaired) electrons. The van der Waals surface area contributed by atoms with Crippen LogP contribution in [0.1, 0.15) is 36.2 Å². The van der Waals surface area contributed by atoms with E-state index in [1.54, 1.807) is 12.4 Å². The molecule has 1 aliphatic heterocycles. The number of nitrogens with one attached hydrogen (secondary N) is 1. The van der Waals surface area contributed by atoms with Crippen molar-refractivity contribution in [3.8, 4) is 11.5 Å². The zero-order valence-electron chi connectivity index (χ0n) is 18.3. The number of fused-ring (bicyclic) bond motifs is 1. The van der Waals surface area contributed by atoms with Crippen molar-refractivity contribution in [1.29, 1.82) is 0 Å². The van der Waals surface area contributed by atoms with Crippen LogP contribution in [0.5, 0.6) is 11.5 Å². The van der Waals surface area contributed by atoms with Crippen LogP contribution < -0.4 is 15.0 Å². The number of rotatable bonds is 5. The zero-order valence-corrected chi connectivity index (χ0v) is 18.3. The van der Waals surface area contributed by atoms with Gasteiger partial charge < -0.3 is 24.8 Å². The van der Waals surface area contributed by atoms with E-state index in [9.17, 15) is 9.90 Å². The molecule has 172 valence electrons. The Hall–Kier alpha value is -3.46. The predicted molar refractivity (Wildman–Crippen MR) is 123 cm³/mol. The molecule has 0 atom stereocenters. The number of ether oxygens (including phenoxy) is 2. The van der Waals surface area contributed by atoms with Crippen molar-refractivity contribution in [2.45, 2.75) is 37.8 Å². The number of benzene rings is 1. The summed E-state index contributed by atoms with van der Waals surface area (Å²) < 4.78 is 11.9. The van der Waals surface area contributed by atoms with E-state index in [4.69, 9.17) is 9.47 Å². The summed E-state index contributed by atoms with van der Waals surface area (Å²) in [7, 11) is 0. The first-order chi connectivity index (χ1) is 16.2.